The molecule has 1 aromatic carbocycles. The number of aliphatic hydroxyl groups is 1. The number of aliphatic hydroxyl groups excluding tert-OH is 1. The number of amides is 1. The minimum absolute atomic E-state index is 0.0227. The highest BCUT2D eigenvalue weighted by molar-refractivity contribution is 7.91. The van der Waals surface area contributed by atoms with Crippen molar-refractivity contribution in [1.82, 2.24) is 9.62 Å². The average Bonchev–Trinajstić information content (AvgIpc) is 3.20. The zero-order valence-electron chi connectivity index (χ0n) is 23.1. The molecule has 0 saturated heterocycles. The van der Waals surface area contributed by atoms with Crippen LogP contribution in [0.3, 0.4) is 0 Å². The van der Waals surface area contributed by atoms with Crippen LogP contribution < -0.4 is 10.0 Å². The summed E-state index contributed by atoms with van der Waals surface area (Å²) < 4.78 is 69.8. The standard InChI is InChI=1S/C28H31FN4O6S3/c1-14(22-19-5-4-6-20(19)22)21-15(2)33(12-16-7-9-18(29)10-8-16)28(35)23(24(21)34)26-31-27-25(42(38,39)32-26)17(13-40-27)11-30-41(3,36)37/h4-5,7-10,13-15,19-22,30,34H,6,11-12H2,1-3H3,(H,31,32)/t14?,15-,19?,20?,21+,22?/m0/s1. The number of fused-ring (bicyclic) bond motifs is 2. The Morgan fingerprint density at radius 2 is 2.00 bits per heavy atom. The largest absolute Gasteiger partial charge is 0.511 e. The summed E-state index contributed by atoms with van der Waals surface area (Å²) in [7, 11) is -7.94. The van der Waals surface area contributed by atoms with E-state index < -0.39 is 43.7 Å². The van der Waals surface area contributed by atoms with Gasteiger partial charge in [0.15, 0.2) is 5.84 Å². The first-order chi connectivity index (χ1) is 19.8. The van der Waals surface area contributed by atoms with E-state index in [4.69, 9.17) is 0 Å². The Morgan fingerprint density at radius 3 is 2.64 bits per heavy atom. The van der Waals surface area contributed by atoms with E-state index in [-0.39, 0.29) is 51.6 Å². The summed E-state index contributed by atoms with van der Waals surface area (Å²) in [6.45, 7) is 3.81. The first kappa shape index (κ1) is 29.0. The van der Waals surface area contributed by atoms with Gasteiger partial charge in [0.05, 0.1) is 6.26 Å². The molecule has 6 atom stereocenters. The minimum atomic E-state index is -4.36. The second kappa shape index (κ2) is 10.3. The van der Waals surface area contributed by atoms with E-state index in [9.17, 15) is 31.1 Å². The van der Waals surface area contributed by atoms with Crippen molar-refractivity contribution in [3.05, 3.63) is 70.1 Å². The topological polar surface area (TPSA) is 145 Å². The van der Waals surface area contributed by atoms with E-state index in [1.54, 1.807) is 17.0 Å². The number of carbonyl (C=O) groups excluding carboxylic acids is 1. The van der Waals surface area contributed by atoms with Gasteiger partial charge in [-0.3, -0.25) is 4.79 Å². The van der Waals surface area contributed by atoms with Crippen LogP contribution in [-0.4, -0.2) is 50.9 Å². The number of anilines is 1. The molecular weight excluding hydrogens is 604 g/mol. The molecule has 224 valence electrons. The van der Waals surface area contributed by atoms with Crippen molar-refractivity contribution < 1.29 is 31.1 Å². The number of sulfonamides is 2. The number of allylic oxidation sites excluding steroid dienone is 2. The summed E-state index contributed by atoms with van der Waals surface area (Å²) in [6, 6.07) is 5.38. The number of rotatable bonds is 8. The van der Waals surface area contributed by atoms with Gasteiger partial charge in [-0.25, -0.2) is 17.5 Å². The molecule has 2 aliphatic heterocycles. The number of hydrogen-bond acceptors (Lipinski definition) is 8. The molecule has 1 amide bonds. The Hall–Kier alpha value is -3.07. The monoisotopic (exact) mass is 634 g/mol. The third kappa shape index (κ3) is 5.07. The van der Waals surface area contributed by atoms with E-state index in [0.717, 1.165) is 24.0 Å². The zero-order valence-corrected chi connectivity index (χ0v) is 25.6. The van der Waals surface area contributed by atoms with Crippen molar-refractivity contribution in [2.75, 3.05) is 11.6 Å². The Kier molecular flexibility index (Phi) is 7.10. The maximum absolute atomic E-state index is 14.0. The van der Waals surface area contributed by atoms with Crippen LogP contribution >= 0.6 is 11.3 Å². The van der Waals surface area contributed by atoms with Gasteiger partial charge in [0, 0.05) is 30.6 Å². The van der Waals surface area contributed by atoms with E-state index in [0.29, 0.717) is 23.3 Å². The van der Waals surface area contributed by atoms with Crippen molar-refractivity contribution in [3.63, 3.8) is 0 Å². The first-order valence-electron chi connectivity index (χ1n) is 13.6. The number of carbonyl (C=O) groups is 1. The fourth-order valence-electron chi connectivity index (χ4n) is 6.81. The molecule has 0 radical (unpaired) electrons. The zero-order chi connectivity index (χ0) is 30.1. The third-order valence-corrected chi connectivity index (χ3v) is 12.0. The molecule has 42 heavy (non-hydrogen) atoms. The molecule has 1 fully saturated rings. The molecule has 2 aromatic rings. The number of nitrogens with one attached hydrogen (secondary N) is 2. The highest BCUT2D eigenvalue weighted by Gasteiger charge is 2.57. The number of halogens is 1. The molecule has 6 rings (SSSR count). The molecule has 1 saturated carbocycles. The molecule has 3 N–H and O–H groups in total. The average molecular weight is 635 g/mol. The van der Waals surface area contributed by atoms with Crippen LogP contribution in [0.1, 0.15) is 31.4 Å². The fraction of sp³-hybridized carbons (Fsp3) is 0.429. The summed E-state index contributed by atoms with van der Waals surface area (Å²) in [6.07, 6.45) is 6.31. The first-order valence-corrected chi connectivity index (χ1v) is 17.8. The van der Waals surface area contributed by atoms with Crippen LogP contribution in [0.5, 0.6) is 0 Å². The molecule has 0 bridgehead atoms. The van der Waals surface area contributed by atoms with E-state index >= 15 is 0 Å². The van der Waals surface area contributed by atoms with Gasteiger partial charge in [-0.2, -0.15) is 8.42 Å². The number of nitrogens with zero attached hydrogens (tertiary/aromatic N) is 2. The summed E-state index contributed by atoms with van der Waals surface area (Å²) in [4.78, 5) is 15.5. The van der Waals surface area contributed by atoms with Crippen LogP contribution in [0.15, 0.2) is 62.4 Å². The van der Waals surface area contributed by atoms with Crippen molar-refractivity contribution in [3.8, 4) is 0 Å². The van der Waals surface area contributed by atoms with Gasteiger partial charge in [-0.15, -0.1) is 15.7 Å². The maximum Gasteiger partial charge on any atom is 0.287 e. The van der Waals surface area contributed by atoms with E-state index in [1.807, 2.05) is 6.92 Å². The predicted octanol–water partition coefficient (Wildman–Crippen LogP) is 3.77. The second-order valence-electron chi connectivity index (χ2n) is 11.5. The lowest BCUT2D eigenvalue weighted by Gasteiger charge is -2.43. The van der Waals surface area contributed by atoms with Crippen molar-refractivity contribution >= 4 is 48.1 Å². The lowest BCUT2D eigenvalue weighted by Crippen LogP contribution is -2.52. The summed E-state index contributed by atoms with van der Waals surface area (Å²) in [5, 5.41) is 16.3. The van der Waals surface area contributed by atoms with Gasteiger partial charge in [0.25, 0.3) is 15.9 Å². The summed E-state index contributed by atoms with van der Waals surface area (Å²) >= 11 is 1.04. The lowest BCUT2D eigenvalue weighted by molar-refractivity contribution is -0.132. The number of benzene rings is 1. The van der Waals surface area contributed by atoms with Crippen molar-refractivity contribution in [2.45, 2.75) is 44.3 Å². The third-order valence-electron chi connectivity index (χ3n) is 8.84. The fourth-order valence-corrected chi connectivity index (χ4v) is 9.84. The van der Waals surface area contributed by atoms with Crippen LogP contribution in [-0.2, 0) is 37.9 Å². The Bertz CT molecular complexity index is 1760. The molecule has 4 aliphatic rings. The van der Waals surface area contributed by atoms with E-state index in [2.05, 4.69) is 33.5 Å². The molecular formula is C28H31FN4O6S3. The molecule has 14 heteroatoms. The van der Waals surface area contributed by atoms with Gasteiger partial charge in [-0.05, 0) is 60.1 Å². The minimum Gasteiger partial charge on any atom is -0.511 e. The Labute approximate surface area is 248 Å². The van der Waals surface area contributed by atoms with Crippen LogP contribution in [0.4, 0.5) is 9.39 Å². The summed E-state index contributed by atoms with van der Waals surface area (Å²) in [5.74, 6) is -0.759. The Morgan fingerprint density at radius 1 is 1.29 bits per heavy atom. The maximum atomic E-state index is 14.0. The molecule has 0 spiro atoms. The second-order valence-corrected chi connectivity index (χ2v) is 15.7. The predicted molar refractivity (Wildman–Crippen MR) is 157 cm³/mol. The molecule has 10 nitrogen and oxygen atoms in total. The molecule has 1 aromatic heterocycles. The Balaban J connectivity index is 1.39. The molecule has 3 heterocycles. The molecule has 4 unspecified atom stereocenters. The van der Waals surface area contributed by atoms with Gasteiger partial charge in [-0.1, -0.05) is 31.2 Å². The van der Waals surface area contributed by atoms with Crippen LogP contribution in [0.2, 0.25) is 0 Å². The van der Waals surface area contributed by atoms with Crippen molar-refractivity contribution in [1.29, 1.82) is 0 Å². The highest BCUT2D eigenvalue weighted by Crippen LogP contribution is 2.60. The normalized spacial score (nSPS) is 28.7. The number of hydrogen-bond donors (Lipinski definition) is 3. The van der Waals surface area contributed by atoms with Crippen LogP contribution in [0, 0.1) is 35.4 Å². The smallest absolute Gasteiger partial charge is 0.287 e. The van der Waals surface area contributed by atoms with Gasteiger partial charge in [0.2, 0.25) is 10.0 Å². The number of thiophene rings is 1. The quantitative estimate of drug-likeness (QED) is 0.375. The number of amidine groups is 1. The van der Waals surface area contributed by atoms with Crippen LogP contribution in [0.25, 0.3) is 0 Å². The van der Waals surface area contributed by atoms with Gasteiger partial charge >= 0.3 is 0 Å². The lowest BCUT2D eigenvalue weighted by atomic mass is 9.77. The molecule has 2 aliphatic carbocycles. The summed E-state index contributed by atoms with van der Waals surface area (Å²) in [5.41, 5.74) is 0.687. The highest BCUT2D eigenvalue weighted by atomic mass is 32.2. The van der Waals surface area contributed by atoms with Gasteiger partial charge < -0.3 is 15.3 Å². The van der Waals surface area contributed by atoms with Crippen molar-refractivity contribution in [2.24, 2.45) is 34.0 Å². The van der Waals surface area contributed by atoms with E-state index in [1.165, 1.54) is 17.5 Å². The van der Waals surface area contributed by atoms with Gasteiger partial charge in [0.1, 0.15) is 27.0 Å². The SMILES string of the molecule is CC(C1C2C=CCC21)[C@H]1C(O)=C(C2=NS(=O)(=O)c3c(CNS(C)(=O)=O)csc3N2)C(=O)N(Cc2ccc(F)cc2)[C@H]1C.